The highest BCUT2D eigenvalue weighted by atomic mass is 31.2. The third-order valence-electron chi connectivity index (χ3n) is 10.2. The number of aliphatic hydroxyl groups is 2. The van der Waals surface area contributed by atoms with Crippen molar-refractivity contribution in [3.8, 4) is 0 Å². The summed E-state index contributed by atoms with van der Waals surface area (Å²) < 4.78 is 32.8. The fourth-order valence-electron chi connectivity index (χ4n) is 6.58. The standard InChI is InChI=1S/C45H87O10P/c1-3-5-7-9-11-13-15-17-19-21-23-24-26-28-30-32-34-36-44(48)52-40-43(41-54-56(50,51)53-39-42(47)38-46)55-45(49)37-35-33-31-29-27-25-22-20-18-16-14-12-10-8-6-4-2/h17,19,42-43,46-47H,3-16,18,20-41H2,1-2H3,(H,50,51)/b19-17+/t42-,43+/m0/s1. The topological polar surface area (TPSA) is 149 Å². The van der Waals surface area contributed by atoms with E-state index in [0.717, 1.165) is 44.9 Å². The maximum absolute atomic E-state index is 12.6. The van der Waals surface area contributed by atoms with Gasteiger partial charge in [-0.2, -0.15) is 0 Å². The SMILES string of the molecule is CCCCCCCC/C=C/CCCCCCCCCC(=O)OC[C@H](COP(=O)(O)OC[C@@H](O)CO)OC(=O)CCCCCCCCCCCCCCCCCC. The van der Waals surface area contributed by atoms with Crippen molar-refractivity contribution in [1.29, 1.82) is 0 Å². The first-order chi connectivity index (χ1) is 27.2. The zero-order valence-electron chi connectivity index (χ0n) is 36.1. The number of phosphoric ester groups is 1. The van der Waals surface area contributed by atoms with Gasteiger partial charge in [0, 0.05) is 12.8 Å². The molecule has 0 aromatic rings. The highest BCUT2D eigenvalue weighted by Crippen LogP contribution is 2.43. The number of ether oxygens (including phenoxy) is 2. The molecule has 11 heteroatoms. The van der Waals surface area contributed by atoms with Gasteiger partial charge in [-0.1, -0.05) is 187 Å². The summed E-state index contributed by atoms with van der Waals surface area (Å²) in [5.41, 5.74) is 0. The third kappa shape index (κ3) is 40.9. The summed E-state index contributed by atoms with van der Waals surface area (Å²) >= 11 is 0. The molecule has 0 amide bonds. The monoisotopic (exact) mass is 819 g/mol. The van der Waals surface area contributed by atoms with Crippen molar-refractivity contribution in [3.63, 3.8) is 0 Å². The molecule has 3 N–H and O–H groups in total. The van der Waals surface area contributed by atoms with Crippen LogP contribution < -0.4 is 0 Å². The molecule has 3 atom stereocenters. The summed E-state index contributed by atoms with van der Waals surface area (Å²) in [7, 11) is -4.61. The lowest BCUT2D eigenvalue weighted by atomic mass is 10.0. The minimum absolute atomic E-state index is 0.189. The van der Waals surface area contributed by atoms with Gasteiger partial charge >= 0.3 is 19.8 Å². The summed E-state index contributed by atoms with van der Waals surface area (Å²) in [6.07, 6.45) is 40.3. The molecule has 0 bridgehead atoms. The summed E-state index contributed by atoms with van der Waals surface area (Å²) in [6.45, 7) is 2.41. The van der Waals surface area contributed by atoms with Crippen molar-refractivity contribution in [2.24, 2.45) is 0 Å². The molecule has 0 saturated carbocycles. The smallest absolute Gasteiger partial charge is 0.462 e. The molecule has 0 aliphatic rings. The van der Waals surface area contributed by atoms with E-state index in [1.54, 1.807) is 0 Å². The van der Waals surface area contributed by atoms with E-state index < -0.39 is 51.8 Å². The van der Waals surface area contributed by atoms with Crippen LogP contribution in [0.1, 0.15) is 226 Å². The number of hydrogen-bond acceptors (Lipinski definition) is 9. The van der Waals surface area contributed by atoms with Crippen LogP contribution in [0.3, 0.4) is 0 Å². The Hall–Kier alpha value is -1.29. The van der Waals surface area contributed by atoms with Gasteiger partial charge in [0.25, 0.3) is 0 Å². The van der Waals surface area contributed by atoms with Crippen molar-refractivity contribution >= 4 is 19.8 Å². The summed E-state index contributed by atoms with van der Waals surface area (Å²) in [4.78, 5) is 35.0. The molecule has 0 aliphatic heterocycles. The molecular weight excluding hydrogens is 731 g/mol. The third-order valence-corrected chi connectivity index (χ3v) is 11.1. The van der Waals surface area contributed by atoms with E-state index in [2.05, 4.69) is 26.0 Å². The molecule has 0 aliphatic carbocycles. The van der Waals surface area contributed by atoms with E-state index in [9.17, 15) is 24.2 Å². The summed E-state index contributed by atoms with van der Waals surface area (Å²) in [6, 6.07) is 0. The van der Waals surface area contributed by atoms with Crippen LogP contribution in [-0.2, 0) is 32.7 Å². The van der Waals surface area contributed by atoms with Gasteiger partial charge in [0.1, 0.15) is 12.7 Å². The van der Waals surface area contributed by atoms with Crippen molar-refractivity contribution < 1.29 is 47.8 Å². The second-order valence-corrected chi connectivity index (χ2v) is 17.2. The molecular formula is C45H87O10P. The number of allylic oxidation sites excluding steroid dienone is 2. The van der Waals surface area contributed by atoms with E-state index in [4.69, 9.17) is 23.6 Å². The van der Waals surface area contributed by atoms with Crippen LogP contribution in [0.5, 0.6) is 0 Å². The number of phosphoric acid groups is 1. The highest BCUT2D eigenvalue weighted by molar-refractivity contribution is 7.47. The summed E-state index contributed by atoms with van der Waals surface area (Å²) in [5.74, 6) is -0.917. The Morgan fingerprint density at radius 1 is 0.518 bits per heavy atom. The molecule has 0 fully saturated rings. The normalized spacial score (nSPS) is 13.9. The van der Waals surface area contributed by atoms with Crippen LogP contribution in [0, 0.1) is 0 Å². The van der Waals surface area contributed by atoms with Gasteiger partial charge in [0.15, 0.2) is 6.10 Å². The van der Waals surface area contributed by atoms with Crippen LogP contribution in [0.25, 0.3) is 0 Å². The molecule has 0 spiro atoms. The van der Waals surface area contributed by atoms with Crippen molar-refractivity contribution in [2.45, 2.75) is 238 Å². The van der Waals surface area contributed by atoms with E-state index >= 15 is 0 Å². The number of unbranched alkanes of at least 4 members (excludes halogenated alkanes) is 28. The first kappa shape index (κ1) is 54.7. The lowest BCUT2D eigenvalue weighted by Gasteiger charge is -2.20. The van der Waals surface area contributed by atoms with Gasteiger partial charge in [0.2, 0.25) is 0 Å². The Morgan fingerprint density at radius 3 is 1.29 bits per heavy atom. The molecule has 0 radical (unpaired) electrons. The molecule has 0 saturated heterocycles. The summed E-state index contributed by atoms with van der Waals surface area (Å²) in [5, 5.41) is 18.3. The lowest BCUT2D eigenvalue weighted by molar-refractivity contribution is -0.161. The van der Waals surface area contributed by atoms with Gasteiger partial charge < -0.3 is 24.6 Å². The van der Waals surface area contributed by atoms with Gasteiger partial charge in [-0.15, -0.1) is 0 Å². The van der Waals surface area contributed by atoms with Crippen LogP contribution >= 0.6 is 7.82 Å². The van der Waals surface area contributed by atoms with Crippen molar-refractivity contribution in [2.75, 3.05) is 26.4 Å². The molecule has 10 nitrogen and oxygen atoms in total. The van der Waals surface area contributed by atoms with Crippen LogP contribution in [0.4, 0.5) is 0 Å². The fourth-order valence-corrected chi connectivity index (χ4v) is 7.37. The number of aliphatic hydroxyl groups excluding tert-OH is 2. The first-order valence-corrected chi connectivity index (χ1v) is 24.6. The Labute approximate surface area is 343 Å². The molecule has 332 valence electrons. The van der Waals surface area contributed by atoms with E-state index in [0.29, 0.717) is 12.8 Å². The molecule has 56 heavy (non-hydrogen) atoms. The van der Waals surface area contributed by atoms with Gasteiger partial charge in [-0.05, 0) is 38.5 Å². The minimum Gasteiger partial charge on any atom is -0.462 e. The largest absolute Gasteiger partial charge is 0.472 e. The Bertz CT molecular complexity index is 946. The van der Waals surface area contributed by atoms with Crippen LogP contribution in [0.15, 0.2) is 12.2 Å². The average molecular weight is 819 g/mol. The number of esters is 2. The quantitative estimate of drug-likeness (QED) is 0.0235. The number of carbonyl (C=O) groups is 2. The van der Waals surface area contributed by atoms with E-state index in [-0.39, 0.29) is 19.4 Å². The minimum atomic E-state index is -4.61. The predicted molar refractivity (Wildman–Crippen MR) is 229 cm³/mol. The molecule has 0 heterocycles. The van der Waals surface area contributed by atoms with Gasteiger partial charge in [0.05, 0.1) is 19.8 Å². The van der Waals surface area contributed by atoms with E-state index in [1.165, 1.54) is 141 Å². The molecule has 0 rings (SSSR count). The predicted octanol–water partition coefficient (Wildman–Crippen LogP) is 12.4. The maximum atomic E-state index is 12.6. The fraction of sp³-hybridized carbons (Fsp3) is 0.911. The molecule has 0 aromatic heterocycles. The van der Waals surface area contributed by atoms with Crippen molar-refractivity contribution in [1.82, 2.24) is 0 Å². The molecule has 0 aromatic carbocycles. The van der Waals surface area contributed by atoms with Gasteiger partial charge in [-0.3, -0.25) is 18.6 Å². The maximum Gasteiger partial charge on any atom is 0.472 e. The Balaban J connectivity index is 4.23. The number of rotatable bonds is 44. The van der Waals surface area contributed by atoms with Crippen molar-refractivity contribution in [3.05, 3.63) is 12.2 Å². The van der Waals surface area contributed by atoms with Gasteiger partial charge in [-0.25, -0.2) is 4.57 Å². The zero-order valence-corrected chi connectivity index (χ0v) is 37.0. The highest BCUT2D eigenvalue weighted by Gasteiger charge is 2.27. The van der Waals surface area contributed by atoms with E-state index in [1.807, 2.05) is 0 Å². The number of carbonyl (C=O) groups excluding carboxylic acids is 2. The Kier molecular flexibility index (Phi) is 40.9. The second-order valence-electron chi connectivity index (χ2n) is 15.8. The Morgan fingerprint density at radius 2 is 0.875 bits per heavy atom. The van der Waals surface area contributed by atoms with Crippen LogP contribution in [-0.4, -0.2) is 65.7 Å². The van der Waals surface area contributed by atoms with Crippen LogP contribution in [0.2, 0.25) is 0 Å². The first-order valence-electron chi connectivity index (χ1n) is 23.1. The molecule has 1 unspecified atom stereocenters. The average Bonchev–Trinajstić information content (AvgIpc) is 3.19. The lowest BCUT2D eigenvalue weighted by Crippen LogP contribution is -2.29. The zero-order chi connectivity index (χ0) is 41.2. The number of hydrogen-bond donors (Lipinski definition) is 3. The second kappa shape index (κ2) is 41.9.